The van der Waals surface area contributed by atoms with Crippen LogP contribution >= 0.6 is 35.3 Å². The van der Waals surface area contributed by atoms with E-state index in [4.69, 9.17) is 0 Å². The highest BCUT2D eigenvalue weighted by atomic mass is 127. The summed E-state index contributed by atoms with van der Waals surface area (Å²) < 4.78 is 0. The SMILES string of the molecule is CN=C(NCCCNC(=O)c1cccs1)N(C)Cc1ccccc1.I. The highest BCUT2D eigenvalue weighted by Gasteiger charge is 2.07. The molecule has 0 radical (unpaired) electrons. The molecule has 0 saturated heterocycles. The van der Waals surface area contributed by atoms with Crippen LogP contribution in [-0.4, -0.2) is 44.0 Å². The van der Waals surface area contributed by atoms with E-state index in [1.165, 1.54) is 16.9 Å². The van der Waals surface area contributed by atoms with E-state index in [1.54, 1.807) is 7.05 Å². The minimum Gasteiger partial charge on any atom is -0.356 e. The fourth-order valence-electron chi connectivity index (χ4n) is 2.30. The average Bonchev–Trinajstić information content (AvgIpc) is 3.13. The molecule has 0 saturated carbocycles. The number of halogens is 1. The van der Waals surface area contributed by atoms with Crippen molar-refractivity contribution in [3.05, 3.63) is 58.3 Å². The van der Waals surface area contributed by atoms with Crippen molar-refractivity contribution in [2.45, 2.75) is 13.0 Å². The van der Waals surface area contributed by atoms with E-state index < -0.39 is 0 Å². The lowest BCUT2D eigenvalue weighted by Crippen LogP contribution is -2.39. The Hall–Kier alpha value is -1.61. The van der Waals surface area contributed by atoms with E-state index in [2.05, 4.69) is 32.7 Å². The Bertz CT molecular complexity index is 646. The van der Waals surface area contributed by atoms with Gasteiger partial charge in [0, 0.05) is 33.7 Å². The number of carbonyl (C=O) groups is 1. The Morgan fingerprint density at radius 1 is 1.12 bits per heavy atom. The molecule has 1 aromatic heterocycles. The number of amides is 1. The lowest BCUT2D eigenvalue weighted by Gasteiger charge is -2.22. The summed E-state index contributed by atoms with van der Waals surface area (Å²) >= 11 is 1.45. The first kappa shape index (κ1) is 21.4. The first-order valence-electron chi connectivity index (χ1n) is 7.98. The quantitative estimate of drug-likeness (QED) is 0.282. The van der Waals surface area contributed by atoms with Crippen molar-refractivity contribution in [1.82, 2.24) is 15.5 Å². The van der Waals surface area contributed by atoms with E-state index >= 15 is 0 Å². The van der Waals surface area contributed by atoms with Crippen molar-refractivity contribution in [3.63, 3.8) is 0 Å². The summed E-state index contributed by atoms with van der Waals surface area (Å²) in [5, 5.41) is 8.15. The van der Waals surface area contributed by atoms with Crippen LogP contribution in [-0.2, 0) is 6.54 Å². The fraction of sp³-hybridized carbons (Fsp3) is 0.333. The molecule has 1 aromatic carbocycles. The van der Waals surface area contributed by atoms with Crippen LogP contribution in [0.5, 0.6) is 0 Å². The molecule has 7 heteroatoms. The Morgan fingerprint density at radius 3 is 2.48 bits per heavy atom. The van der Waals surface area contributed by atoms with Crippen LogP contribution in [0.3, 0.4) is 0 Å². The minimum absolute atomic E-state index is 0. The summed E-state index contributed by atoms with van der Waals surface area (Å²) in [6.45, 7) is 2.20. The second-order valence-corrected chi connectivity index (χ2v) is 6.35. The summed E-state index contributed by atoms with van der Waals surface area (Å²) in [6.07, 6.45) is 0.843. The standard InChI is InChI=1S/C18H24N4OS.HI/c1-19-18(22(2)14-15-8-4-3-5-9-15)21-12-7-11-20-17(23)16-10-6-13-24-16;/h3-6,8-10,13H,7,11-12,14H2,1-2H3,(H,19,21)(H,20,23);1H. The number of rotatable bonds is 7. The molecule has 1 heterocycles. The van der Waals surface area contributed by atoms with Crippen molar-refractivity contribution in [2.75, 3.05) is 27.2 Å². The maximum Gasteiger partial charge on any atom is 0.261 e. The summed E-state index contributed by atoms with van der Waals surface area (Å²) in [5.74, 6) is 0.846. The highest BCUT2D eigenvalue weighted by molar-refractivity contribution is 14.0. The van der Waals surface area contributed by atoms with E-state index in [1.807, 2.05) is 42.8 Å². The Labute approximate surface area is 170 Å². The van der Waals surface area contributed by atoms with Crippen LogP contribution in [0.15, 0.2) is 52.8 Å². The third-order valence-corrected chi connectivity index (χ3v) is 4.37. The van der Waals surface area contributed by atoms with Crippen molar-refractivity contribution in [1.29, 1.82) is 0 Å². The number of nitrogens with one attached hydrogen (secondary N) is 2. The summed E-state index contributed by atoms with van der Waals surface area (Å²) in [4.78, 5) is 19.0. The monoisotopic (exact) mass is 472 g/mol. The number of carbonyl (C=O) groups excluding carboxylic acids is 1. The number of aliphatic imine (C=N–C) groups is 1. The number of hydrogen-bond acceptors (Lipinski definition) is 3. The van der Waals surface area contributed by atoms with Gasteiger partial charge in [-0.2, -0.15) is 0 Å². The van der Waals surface area contributed by atoms with Gasteiger partial charge < -0.3 is 15.5 Å². The summed E-state index contributed by atoms with van der Waals surface area (Å²) in [6, 6.07) is 14.0. The van der Waals surface area contributed by atoms with Crippen molar-refractivity contribution >= 4 is 47.2 Å². The van der Waals surface area contributed by atoms with Gasteiger partial charge in [0.1, 0.15) is 0 Å². The molecule has 0 aliphatic carbocycles. The van der Waals surface area contributed by atoms with Gasteiger partial charge in [0.25, 0.3) is 5.91 Å². The summed E-state index contributed by atoms with van der Waals surface area (Å²) in [5.41, 5.74) is 1.24. The molecule has 2 rings (SSSR count). The van der Waals surface area contributed by atoms with Gasteiger partial charge in [-0.05, 0) is 23.4 Å². The number of thiophene rings is 1. The zero-order valence-corrected chi connectivity index (χ0v) is 17.7. The van der Waals surface area contributed by atoms with Gasteiger partial charge in [-0.3, -0.25) is 9.79 Å². The molecule has 0 aliphatic rings. The zero-order chi connectivity index (χ0) is 17.2. The lowest BCUT2D eigenvalue weighted by atomic mass is 10.2. The molecule has 2 aromatic rings. The lowest BCUT2D eigenvalue weighted by molar-refractivity contribution is 0.0957. The molecular formula is C18H25IN4OS. The number of nitrogens with zero attached hydrogens (tertiary/aromatic N) is 2. The van der Waals surface area contributed by atoms with Crippen molar-refractivity contribution in [2.24, 2.45) is 4.99 Å². The molecular weight excluding hydrogens is 447 g/mol. The Kier molecular flexibility index (Phi) is 10.2. The highest BCUT2D eigenvalue weighted by Crippen LogP contribution is 2.07. The molecule has 0 aliphatic heterocycles. The van der Waals surface area contributed by atoms with Crippen LogP contribution in [0, 0.1) is 0 Å². The van der Waals surface area contributed by atoms with Gasteiger partial charge in [-0.25, -0.2) is 0 Å². The van der Waals surface area contributed by atoms with E-state index in [0.29, 0.717) is 6.54 Å². The topological polar surface area (TPSA) is 56.7 Å². The molecule has 1 amide bonds. The van der Waals surface area contributed by atoms with E-state index in [9.17, 15) is 4.79 Å². The average molecular weight is 472 g/mol. The van der Waals surface area contributed by atoms with Gasteiger partial charge in [-0.15, -0.1) is 35.3 Å². The van der Waals surface area contributed by atoms with E-state index in [0.717, 1.165) is 30.3 Å². The number of hydrogen-bond donors (Lipinski definition) is 2. The largest absolute Gasteiger partial charge is 0.356 e. The first-order chi connectivity index (χ1) is 11.7. The van der Waals surface area contributed by atoms with Crippen LogP contribution in [0.25, 0.3) is 0 Å². The normalized spacial score (nSPS) is 10.7. The molecule has 0 atom stereocenters. The maximum absolute atomic E-state index is 11.8. The van der Waals surface area contributed by atoms with Gasteiger partial charge in [0.2, 0.25) is 0 Å². The Balaban J connectivity index is 0.00000312. The molecule has 136 valence electrons. The number of benzene rings is 1. The second-order valence-electron chi connectivity index (χ2n) is 5.40. The maximum atomic E-state index is 11.8. The molecule has 2 N–H and O–H groups in total. The molecule has 25 heavy (non-hydrogen) atoms. The van der Waals surface area contributed by atoms with Crippen LogP contribution in [0.2, 0.25) is 0 Å². The number of guanidine groups is 1. The van der Waals surface area contributed by atoms with Crippen molar-refractivity contribution in [3.8, 4) is 0 Å². The molecule has 0 bridgehead atoms. The van der Waals surface area contributed by atoms with Crippen LogP contribution in [0.1, 0.15) is 21.7 Å². The zero-order valence-electron chi connectivity index (χ0n) is 14.6. The molecule has 0 fully saturated rings. The summed E-state index contributed by atoms with van der Waals surface area (Å²) in [7, 11) is 3.79. The predicted molar refractivity (Wildman–Crippen MR) is 116 cm³/mol. The van der Waals surface area contributed by atoms with Crippen LogP contribution in [0.4, 0.5) is 0 Å². The molecule has 0 spiro atoms. The second kappa shape index (κ2) is 11.9. The molecule has 0 unspecified atom stereocenters. The first-order valence-corrected chi connectivity index (χ1v) is 8.86. The fourth-order valence-corrected chi connectivity index (χ4v) is 2.94. The van der Waals surface area contributed by atoms with Gasteiger partial charge >= 0.3 is 0 Å². The molecule has 5 nitrogen and oxygen atoms in total. The smallest absolute Gasteiger partial charge is 0.261 e. The van der Waals surface area contributed by atoms with E-state index in [-0.39, 0.29) is 29.9 Å². The third-order valence-electron chi connectivity index (χ3n) is 3.50. The van der Waals surface area contributed by atoms with Crippen molar-refractivity contribution < 1.29 is 4.79 Å². The van der Waals surface area contributed by atoms with Gasteiger partial charge in [0.15, 0.2) is 5.96 Å². The minimum atomic E-state index is -0.00409. The van der Waals surface area contributed by atoms with Gasteiger partial charge in [-0.1, -0.05) is 36.4 Å². The van der Waals surface area contributed by atoms with Crippen LogP contribution < -0.4 is 10.6 Å². The van der Waals surface area contributed by atoms with Gasteiger partial charge in [0.05, 0.1) is 4.88 Å². The Morgan fingerprint density at radius 2 is 1.84 bits per heavy atom. The predicted octanol–water partition coefficient (Wildman–Crippen LogP) is 3.19. The third kappa shape index (κ3) is 7.43.